The first kappa shape index (κ1) is 15.1. The number of ketones is 1. The zero-order valence-electron chi connectivity index (χ0n) is 10.9. The first-order chi connectivity index (χ1) is 9.04. The van der Waals surface area contributed by atoms with E-state index in [1.807, 2.05) is 0 Å². The van der Waals surface area contributed by atoms with Gasteiger partial charge in [-0.3, -0.25) is 9.59 Å². The van der Waals surface area contributed by atoms with Crippen LogP contribution in [0.5, 0.6) is 5.75 Å². The molecule has 0 aliphatic rings. The third-order valence-corrected chi connectivity index (χ3v) is 2.31. The second-order valence-electron chi connectivity index (χ2n) is 3.83. The van der Waals surface area contributed by atoms with E-state index in [9.17, 15) is 14.0 Å². The van der Waals surface area contributed by atoms with E-state index in [-0.39, 0.29) is 29.6 Å². The van der Waals surface area contributed by atoms with Crippen LogP contribution < -0.4 is 10.1 Å². The molecule has 5 nitrogen and oxygen atoms in total. The van der Waals surface area contributed by atoms with Crippen LogP contribution in [0.25, 0.3) is 0 Å². The van der Waals surface area contributed by atoms with Gasteiger partial charge in [-0.2, -0.15) is 0 Å². The lowest BCUT2D eigenvalue weighted by molar-refractivity contribution is -0.123. The molecule has 0 saturated carbocycles. The van der Waals surface area contributed by atoms with Crippen LogP contribution in [0.3, 0.4) is 0 Å². The molecule has 0 unspecified atom stereocenters. The van der Waals surface area contributed by atoms with E-state index in [2.05, 4.69) is 5.32 Å². The topological polar surface area (TPSA) is 64.6 Å². The Labute approximate surface area is 110 Å². The van der Waals surface area contributed by atoms with E-state index < -0.39 is 5.82 Å². The summed E-state index contributed by atoms with van der Waals surface area (Å²) in [5.41, 5.74) is 0.242. The summed E-state index contributed by atoms with van der Waals surface area (Å²) in [6, 6.07) is 3.58. The molecule has 1 aromatic rings. The van der Waals surface area contributed by atoms with Crippen molar-refractivity contribution < 1.29 is 23.5 Å². The van der Waals surface area contributed by atoms with Gasteiger partial charge in [-0.15, -0.1) is 0 Å². The molecule has 0 saturated heterocycles. The minimum absolute atomic E-state index is 0.0643. The number of methoxy groups -OCH3 is 1. The number of hydrogen-bond acceptors (Lipinski definition) is 4. The van der Waals surface area contributed by atoms with Crippen molar-refractivity contribution in [3.63, 3.8) is 0 Å². The van der Waals surface area contributed by atoms with Crippen LogP contribution in [0.4, 0.5) is 4.39 Å². The third-order valence-electron chi connectivity index (χ3n) is 2.31. The van der Waals surface area contributed by atoms with Gasteiger partial charge in [0.25, 0.3) is 5.91 Å². The average molecular weight is 269 g/mol. The van der Waals surface area contributed by atoms with Gasteiger partial charge >= 0.3 is 0 Å². The lowest BCUT2D eigenvalue weighted by atomic mass is 10.1. The number of nitrogens with one attached hydrogen (secondary N) is 1. The monoisotopic (exact) mass is 269 g/mol. The van der Waals surface area contributed by atoms with E-state index in [1.165, 1.54) is 26.2 Å². The summed E-state index contributed by atoms with van der Waals surface area (Å²) in [5.74, 6) is -1.08. The van der Waals surface area contributed by atoms with Crippen LogP contribution >= 0.6 is 0 Å². The van der Waals surface area contributed by atoms with Crippen LogP contribution in [-0.4, -0.2) is 38.6 Å². The zero-order valence-corrected chi connectivity index (χ0v) is 10.9. The molecule has 1 N–H and O–H groups in total. The van der Waals surface area contributed by atoms with Crippen LogP contribution in [0, 0.1) is 5.82 Å². The molecule has 0 heterocycles. The van der Waals surface area contributed by atoms with Crippen molar-refractivity contribution in [1.29, 1.82) is 0 Å². The number of halogens is 1. The predicted molar refractivity (Wildman–Crippen MR) is 66.8 cm³/mol. The highest BCUT2D eigenvalue weighted by Gasteiger charge is 2.11. The first-order valence-corrected chi connectivity index (χ1v) is 5.73. The predicted octanol–water partition coefficient (Wildman–Crippen LogP) is 1.17. The summed E-state index contributed by atoms with van der Waals surface area (Å²) in [5, 5.41) is 2.55. The van der Waals surface area contributed by atoms with E-state index in [0.29, 0.717) is 13.2 Å². The van der Waals surface area contributed by atoms with Crippen LogP contribution in [-0.2, 0) is 9.53 Å². The molecule has 6 heteroatoms. The Kier molecular flexibility index (Phi) is 5.95. The SMILES string of the molecule is COCCNC(=O)COc1cc(F)ccc1C(C)=O. The number of amides is 1. The van der Waals surface area contributed by atoms with Crippen molar-refractivity contribution in [2.45, 2.75) is 6.92 Å². The van der Waals surface area contributed by atoms with Crippen LogP contribution in [0.2, 0.25) is 0 Å². The van der Waals surface area contributed by atoms with Gasteiger partial charge in [0, 0.05) is 19.7 Å². The molecule has 0 radical (unpaired) electrons. The second-order valence-corrected chi connectivity index (χ2v) is 3.83. The summed E-state index contributed by atoms with van der Waals surface area (Å²) >= 11 is 0. The number of ether oxygens (including phenoxy) is 2. The second kappa shape index (κ2) is 7.48. The highest BCUT2D eigenvalue weighted by molar-refractivity contribution is 5.96. The Bertz CT molecular complexity index is 462. The Morgan fingerprint density at radius 2 is 2.11 bits per heavy atom. The number of Topliss-reactive ketones (excluding diaryl/α,β-unsaturated/α-hetero) is 1. The number of rotatable bonds is 7. The Morgan fingerprint density at radius 1 is 1.37 bits per heavy atom. The van der Waals surface area contributed by atoms with Gasteiger partial charge in [0.15, 0.2) is 12.4 Å². The van der Waals surface area contributed by atoms with E-state index in [4.69, 9.17) is 9.47 Å². The molecule has 0 aliphatic heterocycles. The molecule has 0 aromatic heterocycles. The highest BCUT2D eigenvalue weighted by Crippen LogP contribution is 2.20. The molecule has 1 amide bonds. The van der Waals surface area contributed by atoms with E-state index in [1.54, 1.807) is 0 Å². The Morgan fingerprint density at radius 3 is 2.74 bits per heavy atom. The van der Waals surface area contributed by atoms with E-state index >= 15 is 0 Å². The summed E-state index contributed by atoms with van der Waals surface area (Å²) in [6.45, 7) is 1.82. The maximum absolute atomic E-state index is 13.1. The summed E-state index contributed by atoms with van der Waals surface area (Å²) < 4.78 is 23.0. The maximum Gasteiger partial charge on any atom is 0.258 e. The minimum atomic E-state index is -0.528. The number of hydrogen-bond donors (Lipinski definition) is 1. The molecule has 1 rings (SSSR count). The van der Waals surface area contributed by atoms with Gasteiger partial charge in [0.1, 0.15) is 11.6 Å². The summed E-state index contributed by atoms with van der Waals surface area (Å²) in [7, 11) is 1.52. The molecule has 0 aliphatic carbocycles. The van der Waals surface area contributed by atoms with Gasteiger partial charge in [-0.05, 0) is 19.1 Å². The quantitative estimate of drug-likeness (QED) is 0.596. The normalized spacial score (nSPS) is 10.1. The van der Waals surface area contributed by atoms with Gasteiger partial charge in [0.05, 0.1) is 12.2 Å². The molecule has 0 spiro atoms. The Balaban J connectivity index is 2.59. The fraction of sp³-hybridized carbons (Fsp3) is 0.385. The molecular weight excluding hydrogens is 253 g/mol. The standard InChI is InChI=1S/C13H16FNO4/c1-9(16)11-4-3-10(14)7-12(11)19-8-13(17)15-5-6-18-2/h3-4,7H,5-6,8H2,1-2H3,(H,15,17). The molecule has 0 atom stereocenters. The smallest absolute Gasteiger partial charge is 0.258 e. The van der Waals surface area contributed by atoms with E-state index in [0.717, 1.165) is 6.07 Å². The fourth-order valence-electron chi connectivity index (χ4n) is 1.39. The largest absolute Gasteiger partial charge is 0.483 e. The summed E-state index contributed by atoms with van der Waals surface area (Å²) in [4.78, 5) is 22.7. The Hall–Kier alpha value is -1.95. The van der Waals surface area contributed by atoms with Crippen molar-refractivity contribution in [3.05, 3.63) is 29.6 Å². The summed E-state index contributed by atoms with van der Waals surface area (Å²) in [6.07, 6.45) is 0. The van der Waals surface area contributed by atoms with Crippen LogP contribution in [0.1, 0.15) is 17.3 Å². The van der Waals surface area contributed by atoms with Gasteiger partial charge < -0.3 is 14.8 Å². The van der Waals surface area contributed by atoms with Crippen molar-refractivity contribution in [1.82, 2.24) is 5.32 Å². The van der Waals surface area contributed by atoms with Crippen molar-refractivity contribution >= 4 is 11.7 Å². The maximum atomic E-state index is 13.1. The molecule has 0 bridgehead atoms. The lowest BCUT2D eigenvalue weighted by Gasteiger charge is -2.10. The van der Waals surface area contributed by atoms with Crippen molar-refractivity contribution in [2.24, 2.45) is 0 Å². The fourth-order valence-corrected chi connectivity index (χ4v) is 1.39. The van der Waals surface area contributed by atoms with Crippen molar-refractivity contribution in [3.8, 4) is 5.75 Å². The number of carbonyl (C=O) groups excluding carboxylic acids is 2. The molecule has 104 valence electrons. The van der Waals surface area contributed by atoms with Crippen molar-refractivity contribution in [2.75, 3.05) is 26.9 Å². The van der Waals surface area contributed by atoms with Gasteiger partial charge in [-0.1, -0.05) is 0 Å². The highest BCUT2D eigenvalue weighted by atomic mass is 19.1. The molecule has 1 aromatic carbocycles. The zero-order chi connectivity index (χ0) is 14.3. The van der Waals surface area contributed by atoms with Gasteiger partial charge in [-0.25, -0.2) is 4.39 Å². The minimum Gasteiger partial charge on any atom is -0.483 e. The molecule has 19 heavy (non-hydrogen) atoms. The lowest BCUT2D eigenvalue weighted by Crippen LogP contribution is -2.31. The molecular formula is C13H16FNO4. The van der Waals surface area contributed by atoms with Gasteiger partial charge in [0.2, 0.25) is 0 Å². The number of benzene rings is 1. The molecule has 0 fully saturated rings. The van der Waals surface area contributed by atoms with Crippen LogP contribution in [0.15, 0.2) is 18.2 Å². The number of carbonyl (C=O) groups is 2. The first-order valence-electron chi connectivity index (χ1n) is 5.73. The third kappa shape index (κ3) is 5.05. The average Bonchev–Trinajstić information content (AvgIpc) is 2.36.